The summed E-state index contributed by atoms with van der Waals surface area (Å²) < 4.78 is 11.2. The van der Waals surface area contributed by atoms with Crippen molar-refractivity contribution < 1.29 is 14.3 Å². The molecular weight excluding hydrogens is 362 g/mol. The summed E-state index contributed by atoms with van der Waals surface area (Å²) in [6.07, 6.45) is 3.32. The molecule has 0 radical (unpaired) electrons. The highest BCUT2D eigenvalue weighted by Crippen LogP contribution is 2.30. The van der Waals surface area contributed by atoms with Gasteiger partial charge in [0, 0.05) is 24.0 Å². The molecule has 146 valence electrons. The first kappa shape index (κ1) is 19.6. The maximum atomic E-state index is 12.9. The van der Waals surface area contributed by atoms with E-state index in [1.165, 1.54) is 17.8 Å². The molecule has 1 fully saturated rings. The summed E-state index contributed by atoms with van der Waals surface area (Å²) in [7, 11) is 3.57. The zero-order valence-corrected chi connectivity index (χ0v) is 16.8. The molecule has 27 heavy (non-hydrogen) atoms. The van der Waals surface area contributed by atoms with Gasteiger partial charge >= 0.3 is 0 Å². The number of amides is 1. The first-order chi connectivity index (χ1) is 13.2. The van der Waals surface area contributed by atoms with Crippen molar-refractivity contribution in [3.05, 3.63) is 40.3 Å². The second kappa shape index (κ2) is 9.71. The largest absolute Gasteiger partial charge is 0.493 e. The molecule has 7 heteroatoms. The molecule has 1 aliphatic heterocycles. The van der Waals surface area contributed by atoms with Crippen molar-refractivity contribution in [3.63, 3.8) is 0 Å². The summed E-state index contributed by atoms with van der Waals surface area (Å²) in [5, 5.41) is 5.15. The predicted molar refractivity (Wildman–Crippen MR) is 107 cm³/mol. The lowest BCUT2D eigenvalue weighted by Crippen LogP contribution is -2.39. The van der Waals surface area contributed by atoms with E-state index in [0.29, 0.717) is 29.6 Å². The normalized spacial score (nSPS) is 15.0. The molecule has 1 N–H and O–H groups in total. The number of carbonyl (C=O) groups excluding carboxylic acids is 1. The summed E-state index contributed by atoms with van der Waals surface area (Å²) in [5.74, 6) is 1.96. The molecule has 0 unspecified atom stereocenters. The number of likely N-dealkylation sites (tertiary alicyclic amines) is 1. The third-order valence-corrected chi connectivity index (χ3v) is 5.61. The smallest absolute Gasteiger partial charge is 0.253 e. The van der Waals surface area contributed by atoms with Crippen LogP contribution in [-0.4, -0.2) is 49.6 Å². The molecule has 0 aliphatic carbocycles. The van der Waals surface area contributed by atoms with Crippen molar-refractivity contribution >= 4 is 17.2 Å². The molecular formula is C20H27N3O3S. The molecule has 0 atom stereocenters. The van der Waals surface area contributed by atoms with Gasteiger partial charge in [-0.1, -0.05) is 0 Å². The third-order valence-electron chi connectivity index (χ3n) is 4.97. The van der Waals surface area contributed by atoms with E-state index < -0.39 is 0 Å². The van der Waals surface area contributed by atoms with E-state index in [2.05, 4.69) is 10.3 Å². The zero-order chi connectivity index (χ0) is 19.1. The summed E-state index contributed by atoms with van der Waals surface area (Å²) in [6.45, 7) is 3.06. The fraction of sp³-hybridized carbons (Fsp3) is 0.500. The molecule has 0 saturated carbocycles. The van der Waals surface area contributed by atoms with E-state index in [9.17, 15) is 4.79 Å². The average Bonchev–Trinajstić information content (AvgIpc) is 3.24. The van der Waals surface area contributed by atoms with Gasteiger partial charge < -0.3 is 19.7 Å². The standard InChI is InChI=1S/C20H27N3O3S/c1-21-8-5-15-6-9-23(10-7-15)20(24)16-3-4-18(19(11-16)25-2)26-12-17-13-27-14-22-17/h3-4,11,13-15,21H,5-10,12H2,1-2H3. The Morgan fingerprint density at radius 2 is 2.15 bits per heavy atom. The molecule has 1 aromatic heterocycles. The van der Waals surface area contributed by atoms with Gasteiger partial charge in [0.15, 0.2) is 11.5 Å². The van der Waals surface area contributed by atoms with Crippen LogP contribution in [0.2, 0.25) is 0 Å². The van der Waals surface area contributed by atoms with Gasteiger partial charge in [0.25, 0.3) is 5.91 Å². The van der Waals surface area contributed by atoms with Gasteiger partial charge in [0.05, 0.1) is 18.3 Å². The maximum Gasteiger partial charge on any atom is 0.253 e. The van der Waals surface area contributed by atoms with E-state index in [1.807, 2.05) is 23.4 Å². The van der Waals surface area contributed by atoms with Gasteiger partial charge in [-0.3, -0.25) is 4.79 Å². The maximum absolute atomic E-state index is 12.9. The van der Waals surface area contributed by atoms with Crippen molar-refractivity contribution in [1.29, 1.82) is 0 Å². The Bertz CT molecular complexity index is 728. The Morgan fingerprint density at radius 3 is 2.81 bits per heavy atom. The fourth-order valence-electron chi connectivity index (χ4n) is 3.34. The van der Waals surface area contributed by atoms with E-state index in [4.69, 9.17) is 9.47 Å². The van der Waals surface area contributed by atoms with Crippen molar-refractivity contribution in [2.24, 2.45) is 5.92 Å². The van der Waals surface area contributed by atoms with E-state index in [1.54, 1.807) is 24.8 Å². The molecule has 3 rings (SSSR count). The highest BCUT2D eigenvalue weighted by Gasteiger charge is 2.24. The summed E-state index contributed by atoms with van der Waals surface area (Å²) in [4.78, 5) is 19.0. The van der Waals surface area contributed by atoms with Crippen LogP contribution in [0.25, 0.3) is 0 Å². The number of ether oxygens (including phenoxy) is 2. The number of methoxy groups -OCH3 is 1. The first-order valence-corrected chi connectivity index (χ1v) is 10.3. The van der Waals surface area contributed by atoms with Gasteiger partial charge in [-0.25, -0.2) is 4.98 Å². The Labute approximate surface area is 164 Å². The van der Waals surface area contributed by atoms with Crippen LogP contribution in [0.1, 0.15) is 35.3 Å². The van der Waals surface area contributed by atoms with Crippen molar-refractivity contribution in [3.8, 4) is 11.5 Å². The summed E-state index contributed by atoms with van der Waals surface area (Å²) in [6, 6.07) is 5.39. The van der Waals surface area contributed by atoms with Crippen LogP contribution >= 0.6 is 11.3 Å². The van der Waals surface area contributed by atoms with Crippen LogP contribution in [-0.2, 0) is 6.61 Å². The van der Waals surface area contributed by atoms with Crippen LogP contribution in [0.4, 0.5) is 0 Å². The Kier molecular flexibility index (Phi) is 7.06. The number of carbonyl (C=O) groups is 1. The number of piperidine rings is 1. The molecule has 1 aliphatic rings. The zero-order valence-electron chi connectivity index (χ0n) is 15.9. The van der Waals surface area contributed by atoms with Crippen LogP contribution in [0.15, 0.2) is 29.1 Å². The summed E-state index contributed by atoms with van der Waals surface area (Å²) >= 11 is 1.54. The second-order valence-electron chi connectivity index (χ2n) is 6.76. The van der Waals surface area contributed by atoms with E-state index >= 15 is 0 Å². The van der Waals surface area contributed by atoms with Crippen LogP contribution in [0.3, 0.4) is 0 Å². The summed E-state index contributed by atoms with van der Waals surface area (Å²) in [5.41, 5.74) is 3.30. The third kappa shape index (κ3) is 5.20. The Balaban J connectivity index is 1.60. The first-order valence-electron chi connectivity index (χ1n) is 9.33. The molecule has 1 saturated heterocycles. The van der Waals surface area contributed by atoms with Gasteiger partial charge in [-0.05, 0) is 57.0 Å². The van der Waals surface area contributed by atoms with Gasteiger partial charge in [-0.15, -0.1) is 11.3 Å². The lowest BCUT2D eigenvalue weighted by Gasteiger charge is -2.32. The van der Waals surface area contributed by atoms with E-state index in [0.717, 1.165) is 38.2 Å². The molecule has 0 spiro atoms. The number of nitrogens with one attached hydrogen (secondary N) is 1. The average molecular weight is 390 g/mol. The van der Waals surface area contributed by atoms with E-state index in [-0.39, 0.29) is 5.91 Å². The lowest BCUT2D eigenvalue weighted by atomic mass is 9.93. The fourth-order valence-corrected chi connectivity index (χ4v) is 3.88. The highest BCUT2D eigenvalue weighted by molar-refractivity contribution is 7.07. The van der Waals surface area contributed by atoms with Gasteiger partial charge in [0.2, 0.25) is 0 Å². The second-order valence-corrected chi connectivity index (χ2v) is 7.48. The topological polar surface area (TPSA) is 63.7 Å². The van der Waals surface area contributed by atoms with Crippen LogP contribution in [0, 0.1) is 5.92 Å². The number of nitrogens with zero attached hydrogens (tertiary/aromatic N) is 2. The SMILES string of the molecule is CNCCC1CCN(C(=O)c2ccc(OCc3cscn3)c(OC)c2)CC1. The quantitative estimate of drug-likeness (QED) is 0.751. The molecule has 0 bridgehead atoms. The number of benzene rings is 1. The van der Waals surface area contributed by atoms with Gasteiger partial charge in [-0.2, -0.15) is 0 Å². The molecule has 2 heterocycles. The number of thiazole rings is 1. The Morgan fingerprint density at radius 1 is 1.33 bits per heavy atom. The van der Waals surface area contributed by atoms with Crippen molar-refractivity contribution in [2.45, 2.75) is 25.9 Å². The molecule has 1 amide bonds. The molecule has 6 nitrogen and oxygen atoms in total. The monoisotopic (exact) mass is 389 g/mol. The van der Waals surface area contributed by atoms with Crippen LogP contribution in [0.5, 0.6) is 11.5 Å². The highest BCUT2D eigenvalue weighted by atomic mass is 32.1. The molecule has 1 aromatic carbocycles. The minimum Gasteiger partial charge on any atom is -0.493 e. The van der Waals surface area contributed by atoms with Crippen molar-refractivity contribution in [2.75, 3.05) is 33.8 Å². The van der Waals surface area contributed by atoms with Crippen molar-refractivity contribution in [1.82, 2.24) is 15.2 Å². The number of rotatable bonds is 8. The minimum absolute atomic E-state index is 0.0615. The minimum atomic E-state index is 0.0615. The van der Waals surface area contributed by atoms with Crippen LogP contribution < -0.4 is 14.8 Å². The number of aromatic nitrogens is 1. The van der Waals surface area contributed by atoms with Gasteiger partial charge in [0.1, 0.15) is 6.61 Å². The number of hydrogen-bond donors (Lipinski definition) is 1. The Hall–Kier alpha value is -2.12. The number of hydrogen-bond acceptors (Lipinski definition) is 6. The molecule has 2 aromatic rings. The predicted octanol–water partition coefficient (Wildman–Crippen LogP) is 3.19. The lowest BCUT2D eigenvalue weighted by molar-refractivity contribution is 0.0686.